The summed E-state index contributed by atoms with van der Waals surface area (Å²) < 4.78 is 0. The predicted molar refractivity (Wildman–Crippen MR) is 112 cm³/mol. The van der Waals surface area contributed by atoms with Gasteiger partial charge in [-0.05, 0) is 30.4 Å². The van der Waals surface area contributed by atoms with Gasteiger partial charge in [0.25, 0.3) is 0 Å². The lowest BCUT2D eigenvalue weighted by Gasteiger charge is -2.27. The van der Waals surface area contributed by atoms with Gasteiger partial charge in [-0.2, -0.15) is 0 Å². The van der Waals surface area contributed by atoms with E-state index in [2.05, 4.69) is 5.32 Å². The fraction of sp³-hybridized carbons (Fsp3) is 0.500. The number of fused-ring (bicyclic) bond motifs is 1. The summed E-state index contributed by atoms with van der Waals surface area (Å²) >= 11 is 0. The summed E-state index contributed by atoms with van der Waals surface area (Å²) in [4.78, 5) is 10.6. The number of carbonyl (C=O) groups is 1. The molecule has 5 heteroatoms. The highest BCUT2D eigenvalue weighted by Crippen LogP contribution is 2.25. The first kappa shape index (κ1) is 20.9. The number of unbranched alkanes of at least 4 members (excludes halogenated alkanes) is 6. The van der Waals surface area contributed by atoms with Gasteiger partial charge in [-0.3, -0.25) is 4.79 Å². The zero-order chi connectivity index (χ0) is 19.5. The second kappa shape index (κ2) is 11.3. The van der Waals surface area contributed by atoms with Gasteiger partial charge in [0.1, 0.15) is 0 Å². The molecule has 5 nitrogen and oxygen atoms in total. The van der Waals surface area contributed by atoms with E-state index in [4.69, 9.17) is 11.1 Å². The zero-order valence-electron chi connectivity index (χ0n) is 16.0. The first-order valence-corrected chi connectivity index (χ1v) is 9.97. The van der Waals surface area contributed by atoms with Crippen LogP contribution in [0.4, 0.5) is 0 Å². The van der Waals surface area contributed by atoms with E-state index in [0.29, 0.717) is 13.0 Å². The molecule has 0 saturated heterocycles. The summed E-state index contributed by atoms with van der Waals surface area (Å²) in [5.41, 5.74) is 8.24. The highest BCUT2D eigenvalue weighted by atomic mass is 16.1. The second-order valence-corrected chi connectivity index (χ2v) is 7.13. The quantitative estimate of drug-likeness (QED) is 0.325. The van der Waals surface area contributed by atoms with Crippen LogP contribution in [0.15, 0.2) is 35.9 Å². The molecule has 0 heterocycles. The molecule has 0 bridgehead atoms. The maximum Gasteiger partial charge on any atom is 0.217 e. The lowest BCUT2D eigenvalue weighted by molar-refractivity contribution is -0.118. The fourth-order valence-electron chi connectivity index (χ4n) is 3.38. The van der Waals surface area contributed by atoms with Crippen LogP contribution in [-0.2, 0) is 11.2 Å². The smallest absolute Gasteiger partial charge is 0.217 e. The van der Waals surface area contributed by atoms with E-state index in [1.54, 1.807) is 6.08 Å². The van der Waals surface area contributed by atoms with Gasteiger partial charge in [0.05, 0.1) is 0 Å². The number of nitrogens with two attached hydrogens (primary N) is 1. The van der Waals surface area contributed by atoms with Crippen LogP contribution in [0.1, 0.15) is 68.9 Å². The number of amides is 1. The normalized spacial score (nSPS) is 14.8. The summed E-state index contributed by atoms with van der Waals surface area (Å²) in [5.74, 6) is 0.0276. The van der Waals surface area contributed by atoms with Crippen LogP contribution in [0.25, 0.3) is 10.7 Å². The number of hydrogen-bond donors (Lipinski definition) is 2. The minimum absolute atomic E-state index is 0.211. The van der Waals surface area contributed by atoms with Crippen LogP contribution in [-0.4, -0.2) is 24.0 Å². The lowest BCUT2D eigenvalue weighted by atomic mass is 9.86. The monoisotopic (exact) mass is 366 g/mol. The number of aryl methyl sites for hydroxylation is 1. The van der Waals surface area contributed by atoms with Crippen molar-refractivity contribution in [2.45, 2.75) is 64.2 Å². The average molecular weight is 367 g/mol. The van der Waals surface area contributed by atoms with E-state index in [0.717, 1.165) is 68.1 Å². The molecular weight excluding hydrogens is 336 g/mol. The summed E-state index contributed by atoms with van der Waals surface area (Å²) in [6.07, 6.45) is 11.3. The molecule has 146 valence electrons. The van der Waals surface area contributed by atoms with Crippen molar-refractivity contribution in [1.29, 1.82) is 5.41 Å². The van der Waals surface area contributed by atoms with E-state index < -0.39 is 0 Å². The van der Waals surface area contributed by atoms with Gasteiger partial charge >= 0.3 is 0 Å². The number of primary amides is 1. The Hall–Kier alpha value is -2.43. The Morgan fingerprint density at radius 2 is 1.74 bits per heavy atom. The van der Waals surface area contributed by atoms with E-state index in [9.17, 15) is 10.2 Å². The second-order valence-electron chi connectivity index (χ2n) is 7.13. The Kier molecular flexibility index (Phi) is 8.75. The van der Waals surface area contributed by atoms with Gasteiger partial charge < -0.3 is 21.9 Å². The molecule has 0 saturated carbocycles. The van der Waals surface area contributed by atoms with Crippen molar-refractivity contribution in [3.05, 3.63) is 57.8 Å². The van der Waals surface area contributed by atoms with Gasteiger partial charge in [-0.25, -0.2) is 0 Å². The average Bonchev–Trinajstić information content (AvgIpc) is 2.65. The molecule has 1 aromatic rings. The third kappa shape index (κ3) is 7.37. The van der Waals surface area contributed by atoms with Crippen molar-refractivity contribution in [3.63, 3.8) is 0 Å². The van der Waals surface area contributed by atoms with Gasteiger partial charge in [0, 0.05) is 6.42 Å². The van der Waals surface area contributed by atoms with Crippen molar-refractivity contribution in [2.24, 2.45) is 5.73 Å². The largest absolute Gasteiger partial charge is 0.803 e. The molecule has 0 radical (unpaired) electrons. The lowest BCUT2D eigenvalue weighted by Crippen LogP contribution is -2.14. The predicted octanol–water partition coefficient (Wildman–Crippen LogP) is 4.87. The van der Waals surface area contributed by atoms with Gasteiger partial charge in [0.2, 0.25) is 5.91 Å². The summed E-state index contributed by atoms with van der Waals surface area (Å²) in [7, 11) is 0. The molecule has 0 aromatic heterocycles. The number of benzene rings is 1. The Balaban J connectivity index is 1.58. The summed E-state index contributed by atoms with van der Waals surface area (Å²) in [5, 5.41) is 22.7. The molecule has 1 aliphatic rings. The Morgan fingerprint density at radius 1 is 1.07 bits per heavy atom. The van der Waals surface area contributed by atoms with Crippen LogP contribution in [0.2, 0.25) is 0 Å². The first-order valence-electron chi connectivity index (χ1n) is 9.97. The molecule has 0 atom stereocenters. The number of rotatable bonds is 11. The van der Waals surface area contributed by atoms with E-state index in [-0.39, 0.29) is 17.5 Å². The third-order valence-corrected chi connectivity index (χ3v) is 4.91. The maximum atomic E-state index is 10.6. The number of allylic oxidation sites excluding steroid dienone is 1. The van der Waals surface area contributed by atoms with Crippen LogP contribution < -0.4 is 5.73 Å². The third-order valence-electron chi connectivity index (χ3n) is 4.91. The van der Waals surface area contributed by atoms with E-state index in [1.807, 2.05) is 24.3 Å². The number of amidine groups is 1. The standard InChI is InChI=1S/C22H31N4O/c23-20(26-15-9-5-3-1-2-4-6-12-21(24)27)16-18-14-13-17-10-7-8-11-19(17)22(18)25/h7-8,10-11,16H,1-6,9,12-15H2,(H4,23,24,26,27)/q-1/p-1/b18-16-. The van der Waals surface area contributed by atoms with E-state index >= 15 is 0 Å². The fourth-order valence-corrected chi connectivity index (χ4v) is 3.38. The van der Waals surface area contributed by atoms with Gasteiger partial charge in [-0.15, -0.1) is 5.71 Å². The number of nitrogens with one attached hydrogen (secondary N) is 1. The highest BCUT2D eigenvalue weighted by Gasteiger charge is 2.12. The summed E-state index contributed by atoms with van der Waals surface area (Å²) in [6, 6.07) is 7.87. The van der Waals surface area contributed by atoms with Crippen LogP contribution in [0.3, 0.4) is 0 Å². The number of carbonyl (C=O) groups excluding carboxylic acids is 1. The van der Waals surface area contributed by atoms with Crippen LogP contribution >= 0.6 is 0 Å². The summed E-state index contributed by atoms with van der Waals surface area (Å²) in [6.45, 7) is 0.654. The molecular formula is C22H30N4O-2. The van der Waals surface area contributed by atoms with Crippen molar-refractivity contribution >= 4 is 17.5 Å². The minimum atomic E-state index is -0.211. The number of hydrogen-bond acceptors (Lipinski definition) is 2. The Morgan fingerprint density at radius 3 is 2.48 bits per heavy atom. The highest BCUT2D eigenvalue weighted by molar-refractivity contribution is 6.19. The van der Waals surface area contributed by atoms with Crippen molar-refractivity contribution in [2.75, 3.05) is 6.54 Å². The molecule has 1 amide bonds. The molecule has 0 spiro atoms. The zero-order valence-corrected chi connectivity index (χ0v) is 16.0. The molecule has 1 aliphatic carbocycles. The van der Waals surface area contributed by atoms with Gasteiger partial charge in [-0.1, -0.05) is 86.8 Å². The Bertz CT molecular complexity index is 693. The van der Waals surface area contributed by atoms with E-state index in [1.165, 1.54) is 6.42 Å². The molecule has 2 rings (SSSR count). The van der Waals surface area contributed by atoms with Gasteiger partial charge in [0.15, 0.2) is 0 Å². The Labute approximate surface area is 162 Å². The molecule has 0 aliphatic heterocycles. The molecule has 3 N–H and O–H groups in total. The molecule has 0 fully saturated rings. The van der Waals surface area contributed by atoms with Crippen LogP contribution in [0, 0.1) is 5.41 Å². The van der Waals surface area contributed by atoms with Crippen LogP contribution in [0.5, 0.6) is 0 Å². The molecule has 0 unspecified atom stereocenters. The van der Waals surface area contributed by atoms with Crippen molar-refractivity contribution < 1.29 is 4.79 Å². The SMILES string of the molecule is [N-]=C1/C(=C\C(=N)[N-]CCCCCCCCCC(N)=O)CCc2ccccc21. The topological polar surface area (TPSA) is 103 Å². The number of nitrogens with zero attached hydrogens (tertiary/aromatic N) is 2. The van der Waals surface area contributed by atoms with Crippen molar-refractivity contribution in [1.82, 2.24) is 0 Å². The first-order chi connectivity index (χ1) is 13.1. The molecule has 1 aromatic carbocycles. The maximum absolute atomic E-state index is 10.6. The van der Waals surface area contributed by atoms with Crippen molar-refractivity contribution in [3.8, 4) is 0 Å². The molecule has 27 heavy (non-hydrogen) atoms. The minimum Gasteiger partial charge on any atom is -0.803 e.